The van der Waals surface area contributed by atoms with Crippen molar-refractivity contribution in [3.8, 4) is 5.75 Å². The van der Waals surface area contributed by atoms with Gasteiger partial charge in [0.1, 0.15) is 17.6 Å². The Bertz CT molecular complexity index is 820. The van der Waals surface area contributed by atoms with Gasteiger partial charge in [-0.25, -0.2) is 4.39 Å². The van der Waals surface area contributed by atoms with E-state index in [1.165, 1.54) is 23.5 Å². The van der Waals surface area contributed by atoms with Crippen LogP contribution in [0.3, 0.4) is 0 Å². The van der Waals surface area contributed by atoms with Gasteiger partial charge in [-0.1, -0.05) is 49.6 Å². The summed E-state index contributed by atoms with van der Waals surface area (Å²) in [6.07, 6.45) is 5.38. The first-order chi connectivity index (χ1) is 14.5. The second-order valence-electron chi connectivity index (χ2n) is 7.77. The van der Waals surface area contributed by atoms with Crippen LogP contribution in [0.15, 0.2) is 54.6 Å². The first-order valence-corrected chi connectivity index (χ1v) is 10.5. The number of amides is 2. The van der Waals surface area contributed by atoms with E-state index in [1.54, 1.807) is 31.2 Å². The van der Waals surface area contributed by atoms with Gasteiger partial charge < -0.3 is 15.0 Å². The second-order valence-corrected chi connectivity index (χ2v) is 7.77. The van der Waals surface area contributed by atoms with Gasteiger partial charge in [0.15, 0.2) is 6.61 Å². The zero-order valence-electron chi connectivity index (χ0n) is 17.4. The van der Waals surface area contributed by atoms with E-state index in [2.05, 4.69) is 5.32 Å². The van der Waals surface area contributed by atoms with Crippen molar-refractivity contribution in [1.82, 2.24) is 10.2 Å². The third kappa shape index (κ3) is 6.31. The molecule has 0 bridgehead atoms. The smallest absolute Gasteiger partial charge is 0.261 e. The number of nitrogens with one attached hydrogen (secondary N) is 1. The van der Waals surface area contributed by atoms with Gasteiger partial charge in [0, 0.05) is 12.6 Å². The third-order valence-corrected chi connectivity index (χ3v) is 5.49. The van der Waals surface area contributed by atoms with Crippen LogP contribution in [0.5, 0.6) is 5.75 Å². The Balaban J connectivity index is 1.68. The van der Waals surface area contributed by atoms with Gasteiger partial charge in [0.25, 0.3) is 5.91 Å². The molecule has 0 saturated heterocycles. The number of ether oxygens (including phenoxy) is 1. The maximum atomic E-state index is 13.3. The van der Waals surface area contributed by atoms with Gasteiger partial charge in [-0.3, -0.25) is 9.59 Å². The average molecular weight is 413 g/mol. The molecule has 1 atom stereocenters. The number of carbonyl (C=O) groups is 2. The van der Waals surface area contributed by atoms with Gasteiger partial charge in [0.2, 0.25) is 5.91 Å². The molecule has 1 N–H and O–H groups in total. The monoisotopic (exact) mass is 412 g/mol. The van der Waals surface area contributed by atoms with Crippen molar-refractivity contribution in [2.75, 3.05) is 6.61 Å². The minimum atomic E-state index is -0.663. The summed E-state index contributed by atoms with van der Waals surface area (Å²) in [6, 6.07) is 14.5. The number of hydrogen-bond acceptors (Lipinski definition) is 3. The highest BCUT2D eigenvalue weighted by molar-refractivity contribution is 5.88. The van der Waals surface area contributed by atoms with Crippen LogP contribution >= 0.6 is 0 Å². The molecule has 0 spiro atoms. The Labute approximate surface area is 177 Å². The molecular weight excluding hydrogens is 383 g/mol. The van der Waals surface area contributed by atoms with Crippen LogP contribution in [0, 0.1) is 5.82 Å². The summed E-state index contributed by atoms with van der Waals surface area (Å²) < 4.78 is 18.9. The molecule has 0 unspecified atom stereocenters. The van der Waals surface area contributed by atoms with Gasteiger partial charge in [-0.05, 0) is 49.6 Å². The molecule has 1 saturated carbocycles. The molecule has 1 aliphatic rings. The summed E-state index contributed by atoms with van der Waals surface area (Å²) in [6.45, 7) is 1.75. The molecule has 0 radical (unpaired) electrons. The van der Waals surface area contributed by atoms with Crippen LogP contribution in [0.25, 0.3) is 0 Å². The number of carbonyl (C=O) groups excluding carboxylic acids is 2. The maximum Gasteiger partial charge on any atom is 0.261 e. The van der Waals surface area contributed by atoms with Crippen LogP contribution in [-0.2, 0) is 16.1 Å². The number of para-hydroxylation sites is 1. The molecule has 2 aromatic rings. The number of nitrogens with zero attached hydrogens (tertiary/aromatic N) is 1. The molecule has 1 aliphatic carbocycles. The Morgan fingerprint density at radius 1 is 1.07 bits per heavy atom. The molecule has 5 nitrogen and oxygen atoms in total. The Morgan fingerprint density at radius 3 is 2.40 bits per heavy atom. The third-order valence-electron chi connectivity index (χ3n) is 5.49. The summed E-state index contributed by atoms with van der Waals surface area (Å²) >= 11 is 0. The van der Waals surface area contributed by atoms with Crippen molar-refractivity contribution < 1.29 is 18.7 Å². The van der Waals surface area contributed by atoms with E-state index < -0.39 is 6.04 Å². The van der Waals surface area contributed by atoms with Crippen molar-refractivity contribution in [3.63, 3.8) is 0 Å². The Kier molecular flexibility index (Phi) is 7.82. The van der Waals surface area contributed by atoms with Crippen molar-refractivity contribution in [2.45, 2.75) is 57.7 Å². The van der Waals surface area contributed by atoms with Crippen molar-refractivity contribution in [3.05, 3.63) is 66.0 Å². The zero-order valence-corrected chi connectivity index (χ0v) is 17.4. The topological polar surface area (TPSA) is 58.6 Å². The first kappa shape index (κ1) is 21.8. The van der Waals surface area contributed by atoms with Crippen molar-refractivity contribution in [2.24, 2.45) is 0 Å². The van der Waals surface area contributed by atoms with E-state index in [9.17, 15) is 14.0 Å². The van der Waals surface area contributed by atoms with E-state index >= 15 is 0 Å². The minimum absolute atomic E-state index is 0.164. The highest BCUT2D eigenvalue weighted by Gasteiger charge is 2.28. The van der Waals surface area contributed by atoms with Crippen LogP contribution < -0.4 is 10.1 Å². The fraction of sp³-hybridized carbons (Fsp3) is 0.417. The largest absolute Gasteiger partial charge is 0.484 e. The van der Waals surface area contributed by atoms with Gasteiger partial charge in [-0.15, -0.1) is 0 Å². The van der Waals surface area contributed by atoms with Crippen molar-refractivity contribution >= 4 is 11.8 Å². The molecule has 0 aromatic heterocycles. The van der Waals surface area contributed by atoms with Crippen LogP contribution in [0.1, 0.15) is 44.6 Å². The molecule has 0 aliphatic heterocycles. The highest BCUT2D eigenvalue weighted by atomic mass is 19.1. The van der Waals surface area contributed by atoms with E-state index in [0.717, 1.165) is 31.2 Å². The predicted molar refractivity (Wildman–Crippen MR) is 113 cm³/mol. The molecule has 0 heterocycles. The lowest BCUT2D eigenvalue weighted by Crippen LogP contribution is -2.51. The minimum Gasteiger partial charge on any atom is -0.484 e. The fourth-order valence-electron chi connectivity index (χ4n) is 3.68. The average Bonchev–Trinajstić information content (AvgIpc) is 2.78. The van der Waals surface area contributed by atoms with Crippen LogP contribution in [0.2, 0.25) is 0 Å². The van der Waals surface area contributed by atoms with E-state index in [0.29, 0.717) is 5.75 Å². The van der Waals surface area contributed by atoms with E-state index in [-0.39, 0.29) is 36.8 Å². The van der Waals surface area contributed by atoms with Gasteiger partial charge >= 0.3 is 0 Å². The van der Waals surface area contributed by atoms with Crippen molar-refractivity contribution in [1.29, 1.82) is 0 Å². The first-order valence-electron chi connectivity index (χ1n) is 10.5. The summed E-state index contributed by atoms with van der Waals surface area (Å²) in [5.41, 5.74) is 0.752. The quantitative estimate of drug-likeness (QED) is 0.711. The number of hydrogen-bond donors (Lipinski definition) is 1. The van der Waals surface area contributed by atoms with E-state index in [4.69, 9.17) is 4.74 Å². The SMILES string of the molecule is C[C@H](C(=O)NC1CCCCC1)N(Cc1ccc(F)cc1)C(=O)COc1ccccc1. The molecular formula is C24H29FN2O3. The maximum absolute atomic E-state index is 13.3. The summed E-state index contributed by atoms with van der Waals surface area (Å²) in [7, 11) is 0. The van der Waals surface area contributed by atoms with Crippen LogP contribution in [0.4, 0.5) is 4.39 Å². The molecule has 2 amide bonds. The van der Waals surface area contributed by atoms with Crippen LogP contribution in [-0.4, -0.2) is 35.4 Å². The number of benzene rings is 2. The van der Waals surface area contributed by atoms with E-state index in [1.807, 2.05) is 18.2 Å². The highest BCUT2D eigenvalue weighted by Crippen LogP contribution is 2.18. The Morgan fingerprint density at radius 2 is 1.73 bits per heavy atom. The lowest BCUT2D eigenvalue weighted by molar-refractivity contribution is -0.142. The molecule has 2 aromatic carbocycles. The normalized spacial score (nSPS) is 15.3. The summed E-state index contributed by atoms with van der Waals surface area (Å²) in [5, 5.41) is 3.09. The summed E-state index contributed by atoms with van der Waals surface area (Å²) in [4.78, 5) is 27.3. The lowest BCUT2D eigenvalue weighted by Gasteiger charge is -2.31. The molecule has 6 heteroatoms. The lowest BCUT2D eigenvalue weighted by atomic mass is 9.95. The summed E-state index contributed by atoms with van der Waals surface area (Å²) in [5.74, 6) is -0.217. The zero-order chi connectivity index (χ0) is 21.3. The van der Waals surface area contributed by atoms with Gasteiger partial charge in [-0.2, -0.15) is 0 Å². The second kappa shape index (κ2) is 10.8. The molecule has 30 heavy (non-hydrogen) atoms. The Hall–Kier alpha value is -2.89. The molecule has 160 valence electrons. The van der Waals surface area contributed by atoms with Gasteiger partial charge in [0.05, 0.1) is 0 Å². The number of rotatable bonds is 8. The molecule has 1 fully saturated rings. The fourth-order valence-corrected chi connectivity index (χ4v) is 3.68. The number of halogens is 1. The molecule has 3 rings (SSSR count). The standard InChI is InChI=1S/C24H29FN2O3/c1-18(24(29)26-21-8-4-2-5-9-21)27(16-19-12-14-20(25)15-13-19)23(28)17-30-22-10-6-3-7-11-22/h3,6-7,10-15,18,21H,2,4-5,8-9,16-17H2,1H3,(H,26,29)/t18-/m1/s1. The predicted octanol–water partition coefficient (Wildman–Crippen LogP) is 4.07.